The monoisotopic (exact) mass is 541 g/mol. The SMILES string of the molecule is COc1cc(/C=C(\Sc2n[nH]c(-c3cc(Cl)ccc3OC)n2)C(=O)O)ccc1OCc1ccccc1F. The Morgan fingerprint density at radius 2 is 1.84 bits per heavy atom. The number of halogens is 2. The molecule has 11 heteroatoms. The summed E-state index contributed by atoms with van der Waals surface area (Å²) in [6, 6.07) is 16.3. The van der Waals surface area contributed by atoms with Gasteiger partial charge >= 0.3 is 5.97 Å². The van der Waals surface area contributed by atoms with Gasteiger partial charge in [-0.3, -0.25) is 5.10 Å². The van der Waals surface area contributed by atoms with Gasteiger partial charge in [-0.25, -0.2) is 14.2 Å². The van der Waals surface area contributed by atoms with Crippen LogP contribution in [0.3, 0.4) is 0 Å². The molecule has 4 aromatic rings. The van der Waals surface area contributed by atoms with E-state index in [1.807, 2.05) is 0 Å². The van der Waals surface area contributed by atoms with E-state index >= 15 is 0 Å². The maximum absolute atomic E-state index is 13.9. The van der Waals surface area contributed by atoms with Crippen molar-refractivity contribution in [1.82, 2.24) is 15.2 Å². The number of aliphatic carboxylic acids is 1. The Balaban J connectivity index is 1.54. The number of rotatable bonds is 10. The number of hydrogen-bond donors (Lipinski definition) is 2. The van der Waals surface area contributed by atoms with Gasteiger partial charge in [0.1, 0.15) is 23.1 Å². The first-order chi connectivity index (χ1) is 17.9. The van der Waals surface area contributed by atoms with E-state index in [0.29, 0.717) is 44.8 Å². The van der Waals surface area contributed by atoms with Crippen LogP contribution in [0.15, 0.2) is 70.7 Å². The van der Waals surface area contributed by atoms with Crippen LogP contribution in [0.1, 0.15) is 11.1 Å². The first kappa shape index (κ1) is 26.1. The maximum Gasteiger partial charge on any atom is 0.342 e. The Morgan fingerprint density at radius 1 is 1.08 bits per heavy atom. The number of carboxylic acid groups (broad SMARTS) is 1. The molecule has 0 amide bonds. The van der Waals surface area contributed by atoms with Crippen LogP contribution in [0.25, 0.3) is 17.5 Å². The second kappa shape index (κ2) is 11.8. The third-order valence-electron chi connectivity index (χ3n) is 5.12. The average Bonchev–Trinajstić information content (AvgIpc) is 3.36. The number of aromatic amines is 1. The van der Waals surface area contributed by atoms with Crippen molar-refractivity contribution in [3.05, 3.63) is 87.5 Å². The van der Waals surface area contributed by atoms with Crippen molar-refractivity contribution in [2.45, 2.75) is 11.8 Å². The Labute approximate surface area is 221 Å². The fourth-order valence-electron chi connectivity index (χ4n) is 3.33. The Bertz CT molecular complexity index is 1460. The highest BCUT2D eigenvalue weighted by molar-refractivity contribution is 8.04. The molecule has 0 unspecified atom stereocenters. The Morgan fingerprint density at radius 3 is 2.57 bits per heavy atom. The normalized spacial score (nSPS) is 11.3. The largest absolute Gasteiger partial charge is 0.496 e. The molecule has 0 spiro atoms. The molecule has 0 aliphatic carbocycles. The van der Waals surface area contributed by atoms with Crippen LogP contribution < -0.4 is 14.2 Å². The molecule has 0 saturated heterocycles. The molecule has 0 aliphatic heterocycles. The van der Waals surface area contributed by atoms with Crippen LogP contribution in [-0.4, -0.2) is 40.5 Å². The van der Waals surface area contributed by atoms with Crippen LogP contribution in [0.5, 0.6) is 17.2 Å². The van der Waals surface area contributed by atoms with Crippen LogP contribution in [0.4, 0.5) is 4.39 Å². The number of nitrogens with one attached hydrogen (secondary N) is 1. The predicted molar refractivity (Wildman–Crippen MR) is 139 cm³/mol. The predicted octanol–water partition coefficient (Wildman–Crippen LogP) is 6.08. The summed E-state index contributed by atoms with van der Waals surface area (Å²) >= 11 is 6.97. The highest BCUT2D eigenvalue weighted by Gasteiger charge is 2.17. The number of aromatic nitrogens is 3. The topological polar surface area (TPSA) is 107 Å². The van der Waals surface area contributed by atoms with Gasteiger partial charge < -0.3 is 19.3 Å². The molecule has 0 atom stereocenters. The maximum atomic E-state index is 13.9. The van der Waals surface area contributed by atoms with Gasteiger partial charge in [-0.1, -0.05) is 35.9 Å². The first-order valence-corrected chi connectivity index (χ1v) is 12.0. The lowest BCUT2D eigenvalue weighted by Gasteiger charge is -2.12. The summed E-state index contributed by atoms with van der Waals surface area (Å²) in [5.41, 5.74) is 1.54. The minimum Gasteiger partial charge on any atom is -0.496 e. The second-order valence-electron chi connectivity index (χ2n) is 7.52. The summed E-state index contributed by atoms with van der Waals surface area (Å²) in [5.74, 6) is 0.151. The summed E-state index contributed by atoms with van der Waals surface area (Å²) in [7, 11) is 2.99. The van der Waals surface area contributed by atoms with Crippen molar-refractivity contribution in [2.75, 3.05) is 14.2 Å². The lowest BCUT2D eigenvalue weighted by Crippen LogP contribution is -2.00. The van der Waals surface area contributed by atoms with Gasteiger partial charge in [0.25, 0.3) is 0 Å². The quantitative estimate of drug-likeness (QED) is 0.184. The molecule has 4 rings (SSSR count). The smallest absolute Gasteiger partial charge is 0.342 e. The molecule has 0 saturated carbocycles. The van der Waals surface area contributed by atoms with Crippen LogP contribution in [0.2, 0.25) is 5.02 Å². The molecular formula is C26H21ClFN3O5S. The lowest BCUT2D eigenvalue weighted by atomic mass is 10.2. The molecule has 8 nitrogen and oxygen atoms in total. The van der Waals surface area contributed by atoms with Gasteiger partial charge in [0.15, 0.2) is 17.3 Å². The zero-order valence-electron chi connectivity index (χ0n) is 19.7. The van der Waals surface area contributed by atoms with Crippen LogP contribution in [0, 0.1) is 5.82 Å². The van der Waals surface area contributed by atoms with Gasteiger partial charge in [-0.15, -0.1) is 5.10 Å². The highest BCUT2D eigenvalue weighted by Crippen LogP contribution is 2.34. The standard InChI is InChI=1S/C26H21ClFN3O5S/c1-34-20-10-8-17(27)13-18(20)24-29-26(31-30-24)37-23(25(32)33)12-15-7-9-21(22(11-15)35-2)36-14-16-5-3-4-6-19(16)28/h3-13H,14H2,1-2H3,(H,32,33)(H,29,30,31)/b23-12-. The van der Waals surface area contributed by atoms with E-state index in [9.17, 15) is 14.3 Å². The lowest BCUT2D eigenvalue weighted by molar-refractivity contribution is -0.131. The molecule has 0 radical (unpaired) electrons. The summed E-state index contributed by atoms with van der Waals surface area (Å²) in [5, 5.41) is 17.4. The third-order valence-corrected chi connectivity index (χ3v) is 6.23. The zero-order chi connectivity index (χ0) is 26.4. The number of carboxylic acids is 1. The van der Waals surface area contributed by atoms with Crippen molar-refractivity contribution in [3.63, 3.8) is 0 Å². The van der Waals surface area contributed by atoms with E-state index in [0.717, 1.165) is 11.8 Å². The first-order valence-electron chi connectivity index (χ1n) is 10.8. The third kappa shape index (κ3) is 6.41. The number of ether oxygens (including phenoxy) is 3. The molecule has 0 fully saturated rings. The number of methoxy groups -OCH3 is 2. The van der Waals surface area contributed by atoms with E-state index in [4.69, 9.17) is 25.8 Å². The minimum atomic E-state index is -1.16. The van der Waals surface area contributed by atoms with E-state index < -0.39 is 5.97 Å². The molecule has 190 valence electrons. The molecule has 0 aliphatic rings. The fourth-order valence-corrected chi connectivity index (χ4v) is 4.21. The molecule has 2 N–H and O–H groups in total. The number of benzene rings is 3. The van der Waals surface area contributed by atoms with E-state index in [1.165, 1.54) is 26.4 Å². The van der Waals surface area contributed by atoms with Crippen molar-refractivity contribution < 1.29 is 28.5 Å². The second-order valence-corrected chi connectivity index (χ2v) is 8.96. The number of nitrogens with zero attached hydrogens (tertiary/aromatic N) is 2. The zero-order valence-corrected chi connectivity index (χ0v) is 21.3. The molecule has 0 bridgehead atoms. The van der Waals surface area contributed by atoms with Gasteiger partial charge in [-0.2, -0.15) is 0 Å². The number of hydrogen-bond acceptors (Lipinski definition) is 7. The van der Waals surface area contributed by atoms with Crippen molar-refractivity contribution in [1.29, 1.82) is 0 Å². The molecular weight excluding hydrogens is 521 g/mol. The summed E-state index contributed by atoms with van der Waals surface area (Å²) in [4.78, 5) is 16.3. The van der Waals surface area contributed by atoms with Gasteiger partial charge in [0.2, 0.25) is 5.16 Å². The van der Waals surface area contributed by atoms with Crippen LogP contribution in [-0.2, 0) is 11.4 Å². The van der Waals surface area contributed by atoms with Gasteiger partial charge in [0, 0.05) is 10.6 Å². The van der Waals surface area contributed by atoms with Crippen LogP contribution >= 0.6 is 23.4 Å². The van der Waals surface area contributed by atoms with E-state index in [-0.39, 0.29) is 22.5 Å². The summed E-state index contributed by atoms with van der Waals surface area (Å²) in [6.07, 6.45) is 1.46. The Hall–Kier alpha value is -4.02. The molecule has 1 heterocycles. The average molecular weight is 542 g/mol. The minimum absolute atomic E-state index is 0.0129. The molecule has 1 aromatic heterocycles. The number of H-pyrrole nitrogens is 1. The molecule has 37 heavy (non-hydrogen) atoms. The van der Waals surface area contributed by atoms with Gasteiger partial charge in [-0.05, 0) is 59.8 Å². The number of thioether (sulfide) groups is 1. The van der Waals surface area contributed by atoms with E-state index in [1.54, 1.807) is 54.6 Å². The number of carbonyl (C=O) groups is 1. The molecule has 3 aromatic carbocycles. The van der Waals surface area contributed by atoms with Gasteiger partial charge in [0.05, 0.1) is 19.8 Å². The summed E-state index contributed by atoms with van der Waals surface area (Å²) < 4.78 is 30.3. The highest BCUT2D eigenvalue weighted by atomic mass is 35.5. The van der Waals surface area contributed by atoms with E-state index in [2.05, 4.69) is 15.2 Å². The van der Waals surface area contributed by atoms with Crippen molar-refractivity contribution in [2.24, 2.45) is 0 Å². The van der Waals surface area contributed by atoms with Crippen molar-refractivity contribution >= 4 is 35.4 Å². The summed E-state index contributed by atoms with van der Waals surface area (Å²) in [6.45, 7) is 0.0129. The fraction of sp³-hybridized carbons (Fsp3) is 0.115. The van der Waals surface area contributed by atoms with Crippen molar-refractivity contribution in [3.8, 4) is 28.6 Å². The Kier molecular flexibility index (Phi) is 8.32.